The number of amides is 3. The maximum absolute atomic E-state index is 13.5. The second-order valence-electron chi connectivity index (χ2n) is 9.66. The number of hydrogen-bond donors (Lipinski definition) is 2. The van der Waals surface area contributed by atoms with Gasteiger partial charge < -0.3 is 29.7 Å². The average Bonchev–Trinajstić information content (AvgIpc) is 2.89. The summed E-state index contributed by atoms with van der Waals surface area (Å²) in [6.45, 7) is 8.16. The van der Waals surface area contributed by atoms with Crippen molar-refractivity contribution in [2.24, 2.45) is 11.8 Å². The van der Waals surface area contributed by atoms with E-state index in [-0.39, 0.29) is 48.4 Å². The van der Waals surface area contributed by atoms with Crippen LogP contribution in [-0.4, -0.2) is 77.8 Å². The van der Waals surface area contributed by atoms with Crippen LogP contribution < -0.4 is 14.8 Å². The van der Waals surface area contributed by atoms with Gasteiger partial charge in [-0.05, 0) is 37.3 Å². The molecule has 1 aliphatic heterocycles. The molecule has 198 valence electrons. The number of anilines is 1. The van der Waals surface area contributed by atoms with Crippen molar-refractivity contribution < 1.29 is 24.2 Å². The summed E-state index contributed by atoms with van der Waals surface area (Å²) in [5.41, 5.74) is 1.54. The standard InChI is InChI=1S/C28H36N4O5/c1-18(2)7-8-21-13-24-26(29-14-21)37-25(19(3)15-32(27(24)34)20(4)17-33)16-31(5)28(35)30-22-9-11-23(36-6)12-10-22/h9-14,18-20,25,33H,15-17H2,1-6H3,(H,30,35)/t19-,20-,25+/m1/s1. The summed E-state index contributed by atoms with van der Waals surface area (Å²) in [5.74, 6) is 6.77. The van der Waals surface area contributed by atoms with Crippen LogP contribution in [0.5, 0.6) is 11.6 Å². The predicted octanol–water partition coefficient (Wildman–Crippen LogP) is 3.48. The maximum atomic E-state index is 13.5. The highest BCUT2D eigenvalue weighted by atomic mass is 16.5. The van der Waals surface area contributed by atoms with Gasteiger partial charge in [-0.15, -0.1) is 0 Å². The number of benzene rings is 1. The van der Waals surface area contributed by atoms with Crippen molar-refractivity contribution in [2.75, 3.05) is 39.2 Å². The van der Waals surface area contributed by atoms with Crippen LogP contribution >= 0.6 is 0 Å². The van der Waals surface area contributed by atoms with Crippen LogP contribution in [0.1, 0.15) is 43.6 Å². The molecule has 9 heteroatoms. The lowest BCUT2D eigenvalue weighted by Crippen LogP contribution is -2.50. The van der Waals surface area contributed by atoms with Gasteiger partial charge in [0.25, 0.3) is 5.91 Å². The Morgan fingerprint density at radius 3 is 2.65 bits per heavy atom. The molecular weight excluding hydrogens is 472 g/mol. The number of carbonyl (C=O) groups excluding carboxylic acids is 2. The van der Waals surface area contributed by atoms with Crippen molar-refractivity contribution >= 4 is 17.6 Å². The Kier molecular flexibility index (Phi) is 9.36. The van der Waals surface area contributed by atoms with E-state index < -0.39 is 12.1 Å². The molecule has 0 fully saturated rings. The van der Waals surface area contributed by atoms with Crippen molar-refractivity contribution in [1.29, 1.82) is 0 Å². The first-order chi connectivity index (χ1) is 17.6. The lowest BCUT2D eigenvalue weighted by molar-refractivity contribution is 0.0356. The van der Waals surface area contributed by atoms with Crippen molar-refractivity contribution in [3.05, 3.63) is 47.7 Å². The molecule has 1 aliphatic rings. The van der Waals surface area contributed by atoms with Crippen LogP contribution in [0.2, 0.25) is 0 Å². The van der Waals surface area contributed by atoms with E-state index >= 15 is 0 Å². The molecule has 0 saturated carbocycles. The quantitative estimate of drug-likeness (QED) is 0.579. The second-order valence-corrected chi connectivity index (χ2v) is 9.66. The topological polar surface area (TPSA) is 104 Å². The van der Waals surface area contributed by atoms with Crippen LogP contribution in [0.25, 0.3) is 0 Å². The molecule has 1 aromatic carbocycles. The highest BCUT2D eigenvalue weighted by molar-refractivity contribution is 5.97. The van der Waals surface area contributed by atoms with Crippen LogP contribution in [-0.2, 0) is 0 Å². The zero-order valence-corrected chi connectivity index (χ0v) is 22.3. The molecule has 3 amide bonds. The number of aromatic nitrogens is 1. The van der Waals surface area contributed by atoms with E-state index in [2.05, 4.69) is 22.1 Å². The van der Waals surface area contributed by atoms with Gasteiger partial charge >= 0.3 is 6.03 Å². The third-order valence-corrected chi connectivity index (χ3v) is 6.17. The van der Waals surface area contributed by atoms with Crippen LogP contribution in [0, 0.1) is 23.7 Å². The number of aliphatic hydroxyl groups is 1. The summed E-state index contributed by atoms with van der Waals surface area (Å²) < 4.78 is 11.4. The van der Waals surface area contributed by atoms with Gasteiger partial charge in [0.2, 0.25) is 5.88 Å². The lowest BCUT2D eigenvalue weighted by atomic mass is 10.00. The molecule has 0 spiro atoms. The monoisotopic (exact) mass is 508 g/mol. The number of hydrogen-bond acceptors (Lipinski definition) is 6. The molecule has 2 aromatic rings. The second kappa shape index (κ2) is 12.5. The zero-order valence-electron chi connectivity index (χ0n) is 22.3. The lowest BCUT2D eigenvalue weighted by Gasteiger charge is -2.37. The van der Waals surface area contributed by atoms with Crippen LogP contribution in [0.4, 0.5) is 10.5 Å². The Labute approximate surface area is 218 Å². The number of fused-ring (bicyclic) bond motifs is 1. The molecule has 2 heterocycles. The summed E-state index contributed by atoms with van der Waals surface area (Å²) in [5, 5.41) is 12.7. The first-order valence-corrected chi connectivity index (χ1v) is 12.4. The number of pyridine rings is 1. The first-order valence-electron chi connectivity index (χ1n) is 12.4. The van der Waals surface area contributed by atoms with Gasteiger partial charge in [-0.25, -0.2) is 9.78 Å². The number of carbonyl (C=O) groups is 2. The summed E-state index contributed by atoms with van der Waals surface area (Å²) in [6, 6.07) is 8.05. The Bertz CT molecular complexity index is 1160. The highest BCUT2D eigenvalue weighted by Gasteiger charge is 2.34. The van der Waals surface area contributed by atoms with Gasteiger partial charge in [-0.2, -0.15) is 0 Å². The number of aliphatic hydroxyl groups excluding tert-OH is 1. The summed E-state index contributed by atoms with van der Waals surface area (Å²) in [4.78, 5) is 34.0. The normalized spacial score (nSPS) is 17.9. The molecule has 3 atom stereocenters. The number of methoxy groups -OCH3 is 1. The minimum absolute atomic E-state index is 0.149. The van der Waals surface area contributed by atoms with Crippen LogP contribution in [0.3, 0.4) is 0 Å². The number of nitrogens with zero attached hydrogens (tertiary/aromatic N) is 3. The van der Waals surface area contributed by atoms with E-state index in [1.807, 2.05) is 20.8 Å². The SMILES string of the molecule is COc1ccc(NC(=O)N(C)C[C@@H]2Oc3ncc(C#CC(C)C)cc3C(=O)N([C@H](C)CO)C[C@H]2C)cc1. The van der Waals surface area contributed by atoms with Gasteiger partial charge in [-0.1, -0.05) is 32.6 Å². The number of nitrogens with one attached hydrogen (secondary N) is 1. The third kappa shape index (κ3) is 7.14. The van der Waals surface area contributed by atoms with Crippen molar-refractivity contribution in [1.82, 2.24) is 14.8 Å². The molecule has 0 saturated heterocycles. The van der Waals surface area contributed by atoms with E-state index in [4.69, 9.17) is 9.47 Å². The molecule has 2 N–H and O–H groups in total. The minimum atomic E-state index is -0.452. The number of ether oxygens (including phenoxy) is 2. The fraction of sp³-hybridized carbons (Fsp3) is 0.464. The molecule has 1 aromatic heterocycles. The fourth-order valence-corrected chi connectivity index (χ4v) is 3.86. The van der Waals surface area contributed by atoms with E-state index in [0.717, 1.165) is 0 Å². The Morgan fingerprint density at radius 2 is 2.03 bits per heavy atom. The third-order valence-electron chi connectivity index (χ3n) is 6.17. The smallest absolute Gasteiger partial charge is 0.321 e. The Morgan fingerprint density at radius 1 is 1.32 bits per heavy atom. The van der Waals surface area contributed by atoms with Gasteiger partial charge in [-0.3, -0.25) is 4.79 Å². The molecule has 0 unspecified atom stereocenters. The highest BCUT2D eigenvalue weighted by Crippen LogP contribution is 2.27. The largest absolute Gasteiger partial charge is 0.497 e. The van der Waals surface area contributed by atoms with Gasteiger partial charge in [0.15, 0.2) is 0 Å². The molecular formula is C28H36N4O5. The van der Waals surface area contributed by atoms with Gasteiger partial charge in [0.05, 0.1) is 26.3 Å². The zero-order chi connectivity index (χ0) is 27.1. The minimum Gasteiger partial charge on any atom is -0.497 e. The van der Waals surface area contributed by atoms with Gasteiger partial charge in [0.1, 0.15) is 17.4 Å². The molecule has 37 heavy (non-hydrogen) atoms. The summed E-state index contributed by atoms with van der Waals surface area (Å²) >= 11 is 0. The average molecular weight is 509 g/mol. The van der Waals surface area contributed by atoms with Crippen molar-refractivity contribution in [3.63, 3.8) is 0 Å². The molecule has 9 nitrogen and oxygen atoms in total. The molecule has 0 bridgehead atoms. The van der Waals surface area contributed by atoms with Crippen molar-refractivity contribution in [2.45, 2.75) is 39.8 Å². The fourth-order valence-electron chi connectivity index (χ4n) is 3.86. The van der Waals surface area contributed by atoms with E-state index in [9.17, 15) is 14.7 Å². The number of rotatable bonds is 6. The summed E-state index contributed by atoms with van der Waals surface area (Å²) in [6.07, 6.45) is 1.14. The van der Waals surface area contributed by atoms with Gasteiger partial charge in [0, 0.05) is 42.9 Å². The number of urea groups is 1. The Balaban J connectivity index is 1.85. The number of likely N-dealkylation sites (N-methyl/N-ethyl adjacent to an activating group) is 1. The summed E-state index contributed by atoms with van der Waals surface area (Å²) in [7, 11) is 3.27. The molecule has 3 rings (SSSR count). The molecule has 0 aliphatic carbocycles. The Hall–Kier alpha value is -3.77. The predicted molar refractivity (Wildman–Crippen MR) is 142 cm³/mol. The maximum Gasteiger partial charge on any atom is 0.321 e. The van der Waals surface area contributed by atoms with Crippen LogP contribution in [0.15, 0.2) is 36.5 Å². The first kappa shape index (κ1) is 27.8. The van der Waals surface area contributed by atoms with E-state index in [0.29, 0.717) is 23.5 Å². The van der Waals surface area contributed by atoms with E-state index in [1.54, 1.807) is 62.5 Å². The van der Waals surface area contributed by atoms with E-state index in [1.165, 1.54) is 4.90 Å². The molecule has 0 radical (unpaired) electrons. The van der Waals surface area contributed by atoms with Crippen molar-refractivity contribution in [3.8, 4) is 23.5 Å².